The number of aliphatic hydroxyl groups excluding tert-OH is 1. The van der Waals surface area contributed by atoms with E-state index in [1.54, 1.807) is 0 Å². The number of aryl methyl sites for hydroxylation is 1. The lowest BCUT2D eigenvalue weighted by Crippen LogP contribution is -2.03. The van der Waals surface area contributed by atoms with E-state index in [4.69, 9.17) is 0 Å². The van der Waals surface area contributed by atoms with Gasteiger partial charge in [-0.2, -0.15) is 0 Å². The van der Waals surface area contributed by atoms with E-state index in [0.29, 0.717) is 6.42 Å². The highest BCUT2D eigenvalue weighted by Gasteiger charge is 2.02. The lowest BCUT2D eigenvalue weighted by atomic mass is 10.1. The van der Waals surface area contributed by atoms with E-state index in [9.17, 15) is 5.11 Å². The highest BCUT2D eigenvalue weighted by atomic mass is 16.3. The SMILES string of the molecule is Cc1c[nH]c2cc(CC(C)O)ccc12. The van der Waals surface area contributed by atoms with Gasteiger partial charge in [-0.15, -0.1) is 0 Å². The Bertz CT molecular complexity index is 443. The zero-order valence-electron chi connectivity index (χ0n) is 8.54. The molecule has 0 aliphatic heterocycles. The molecule has 0 saturated carbocycles. The zero-order valence-corrected chi connectivity index (χ0v) is 8.54. The van der Waals surface area contributed by atoms with Crippen LogP contribution in [0.25, 0.3) is 10.9 Å². The molecule has 0 radical (unpaired) electrons. The first kappa shape index (κ1) is 9.28. The first-order valence-electron chi connectivity index (χ1n) is 4.91. The first-order valence-corrected chi connectivity index (χ1v) is 4.91. The van der Waals surface area contributed by atoms with Gasteiger partial charge in [0.1, 0.15) is 0 Å². The van der Waals surface area contributed by atoms with Crippen molar-refractivity contribution in [1.29, 1.82) is 0 Å². The molecule has 1 aromatic carbocycles. The second-order valence-corrected chi connectivity index (χ2v) is 3.90. The van der Waals surface area contributed by atoms with Gasteiger partial charge in [-0.05, 0) is 37.5 Å². The minimum Gasteiger partial charge on any atom is -0.393 e. The fraction of sp³-hybridized carbons (Fsp3) is 0.333. The maximum Gasteiger partial charge on any atom is 0.0552 e. The van der Waals surface area contributed by atoms with Gasteiger partial charge in [0, 0.05) is 17.1 Å². The van der Waals surface area contributed by atoms with Crippen LogP contribution in [0.1, 0.15) is 18.1 Å². The minimum absolute atomic E-state index is 0.275. The summed E-state index contributed by atoms with van der Waals surface area (Å²) < 4.78 is 0. The average Bonchev–Trinajstić information content (AvgIpc) is 2.46. The molecule has 1 aromatic heterocycles. The highest BCUT2D eigenvalue weighted by molar-refractivity contribution is 5.83. The lowest BCUT2D eigenvalue weighted by molar-refractivity contribution is 0.195. The van der Waals surface area contributed by atoms with Gasteiger partial charge in [-0.3, -0.25) is 0 Å². The molecule has 14 heavy (non-hydrogen) atoms. The van der Waals surface area contributed by atoms with Crippen molar-refractivity contribution in [3.8, 4) is 0 Å². The number of aromatic amines is 1. The van der Waals surface area contributed by atoms with Crippen LogP contribution in [-0.4, -0.2) is 16.2 Å². The predicted molar refractivity (Wildman–Crippen MR) is 58.4 cm³/mol. The molecular weight excluding hydrogens is 174 g/mol. The van der Waals surface area contributed by atoms with Crippen LogP contribution in [0.4, 0.5) is 0 Å². The van der Waals surface area contributed by atoms with Crippen LogP contribution in [0.3, 0.4) is 0 Å². The Morgan fingerprint density at radius 1 is 1.43 bits per heavy atom. The number of hydrogen-bond donors (Lipinski definition) is 2. The van der Waals surface area contributed by atoms with E-state index in [-0.39, 0.29) is 6.10 Å². The highest BCUT2D eigenvalue weighted by Crippen LogP contribution is 2.19. The van der Waals surface area contributed by atoms with Gasteiger partial charge in [0.05, 0.1) is 6.10 Å². The molecule has 2 rings (SSSR count). The third-order valence-corrected chi connectivity index (χ3v) is 2.48. The number of aliphatic hydroxyl groups is 1. The van der Waals surface area contributed by atoms with Crippen LogP contribution in [0, 0.1) is 6.92 Å². The van der Waals surface area contributed by atoms with Gasteiger partial charge in [0.25, 0.3) is 0 Å². The van der Waals surface area contributed by atoms with Crippen LogP contribution in [0.2, 0.25) is 0 Å². The molecule has 1 unspecified atom stereocenters. The molecule has 0 saturated heterocycles. The number of H-pyrrole nitrogens is 1. The second-order valence-electron chi connectivity index (χ2n) is 3.90. The smallest absolute Gasteiger partial charge is 0.0552 e. The fourth-order valence-electron chi connectivity index (χ4n) is 1.79. The number of fused-ring (bicyclic) bond motifs is 1. The fourth-order valence-corrected chi connectivity index (χ4v) is 1.79. The molecule has 0 fully saturated rings. The van der Waals surface area contributed by atoms with E-state index in [2.05, 4.69) is 30.1 Å². The summed E-state index contributed by atoms with van der Waals surface area (Å²) in [6.07, 6.45) is 2.45. The van der Waals surface area contributed by atoms with Crippen LogP contribution in [0.15, 0.2) is 24.4 Å². The van der Waals surface area contributed by atoms with Gasteiger partial charge in [-0.25, -0.2) is 0 Å². The number of benzene rings is 1. The third-order valence-electron chi connectivity index (χ3n) is 2.48. The standard InChI is InChI=1S/C12H15NO/c1-8-7-13-12-6-10(5-9(2)14)3-4-11(8)12/h3-4,6-7,9,13-14H,5H2,1-2H3. The Morgan fingerprint density at radius 3 is 2.93 bits per heavy atom. The lowest BCUT2D eigenvalue weighted by Gasteiger charge is -2.04. The van der Waals surface area contributed by atoms with Crippen molar-refractivity contribution in [2.75, 3.05) is 0 Å². The molecule has 0 spiro atoms. The summed E-state index contributed by atoms with van der Waals surface area (Å²) in [7, 11) is 0. The number of aromatic nitrogens is 1. The van der Waals surface area contributed by atoms with E-state index in [0.717, 1.165) is 5.52 Å². The van der Waals surface area contributed by atoms with Gasteiger partial charge in [0.15, 0.2) is 0 Å². The van der Waals surface area contributed by atoms with Gasteiger partial charge in [-0.1, -0.05) is 12.1 Å². The summed E-state index contributed by atoms with van der Waals surface area (Å²) >= 11 is 0. The molecule has 0 bridgehead atoms. The normalized spacial score (nSPS) is 13.4. The van der Waals surface area contributed by atoms with E-state index in [1.807, 2.05) is 13.1 Å². The Hall–Kier alpha value is -1.28. The molecule has 1 atom stereocenters. The van der Waals surface area contributed by atoms with Gasteiger partial charge in [0.2, 0.25) is 0 Å². The number of rotatable bonds is 2. The summed E-state index contributed by atoms with van der Waals surface area (Å²) in [5, 5.41) is 10.5. The second kappa shape index (κ2) is 3.46. The summed E-state index contributed by atoms with van der Waals surface area (Å²) in [6, 6.07) is 6.30. The maximum absolute atomic E-state index is 9.27. The van der Waals surface area contributed by atoms with Crippen LogP contribution >= 0.6 is 0 Å². The number of nitrogens with one attached hydrogen (secondary N) is 1. The predicted octanol–water partition coefficient (Wildman–Crippen LogP) is 2.40. The molecule has 0 amide bonds. The molecule has 74 valence electrons. The molecule has 1 heterocycles. The molecular formula is C12H15NO. The largest absolute Gasteiger partial charge is 0.393 e. The third kappa shape index (κ3) is 1.66. The van der Waals surface area contributed by atoms with Crippen LogP contribution < -0.4 is 0 Å². The Morgan fingerprint density at radius 2 is 2.21 bits per heavy atom. The van der Waals surface area contributed by atoms with Gasteiger partial charge >= 0.3 is 0 Å². The van der Waals surface area contributed by atoms with Crippen LogP contribution in [-0.2, 0) is 6.42 Å². The average molecular weight is 189 g/mol. The van der Waals surface area contributed by atoms with Crippen molar-refractivity contribution in [2.45, 2.75) is 26.4 Å². The molecule has 2 N–H and O–H groups in total. The summed E-state index contributed by atoms with van der Waals surface area (Å²) in [4.78, 5) is 3.22. The van der Waals surface area contributed by atoms with Crippen molar-refractivity contribution in [1.82, 2.24) is 4.98 Å². The molecule has 0 aliphatic carbocycles. The Kier molecular flexibility index (Phi) is 2.30. The van der Waals surface area contributed by atoms with Crippen molar-refractivity contribution in [2.24, 2.45) is 0 Å². The summed E-state index contributed by atoms with van der Waals surface area (Å²) in [5.74, 6) is 0. The van der Waals surface area contributed by atoms with Crippen molar-refractivity contribution in [3.63, 3.8) is 0 Å². The summed E-state index contributed by atoms with van der Waals surface area (Å²) in [6.45, 7) is 3.90. The maximum atomic E-state index is 9.27. The van der Waals surface area contributed by atoms with E-state index < -0.39 is 0 Å². The van der Waals surface area contributed by atoms with E-state index >= 15 is 0 Å². The number of hydrogen-bond acceptors (Lipinski definition) is 1. The van der Waals surface area contributed by atoms with E-state index in [1.165, 1.54) is 16.5 Å². The Balaban J connectivity index is 2.42. The summed E-state index contributed by atoms with van der Waals surface area (Å²) in [5.41, 5.74) is 3.60. The van der Waals surface area contributed by atoms with Crippen LogP contribution in [0.5, 0.6) is 0 Å². The van der Waals surface area contributed by atoms with Gasteiger partial charge < -0.3 is 10.1 Å². The quantitative estimate of drug-likeness (QED) is 0.747. The molecule has 2 nitrogen and oxygen atoms in total. The monoisotopic (exact) mass is 189 g/mol. The van der Waals surface area contributed by atoms with Crippen molar-refractivity contribution >= 4 is 10.9 Å². The molecule has 0 aliphatic rings. The minimum atomic E-state index is -0.275. The zero-order chi connectivity index (χ0) is 10.1. The molecule has 2 aromatic rings. The van der Waals surface area contributed by atoms with Crippen molar-refractivity contribution in [3.05, 3.63) is 35.5 Å². The van der Waals surface area contributed by atoms with Crippen molar-refractivity contribution < 1.29 is 5.11 Å². The Labute approximate surface area is 83.6 Å². The first-order chi connectivity index (χ1) is 6.66. The molecule has 2 heteroatoms. The topological polar surface area (TPSA) is 36.0 Å².